The Kier molecular flexibility index (Phi) is 3.99. The van der Waals surface area contributed by atoms with Crippen molar-refractivity contribution in [3.63, 3.8) is 0 Å². The van der Waals surface area contributed by atoms with Crippen LogP contribution in [-0.4, -0.2) is 37.3 Å². The highest BCUT2D eigenvalue weighted by Crippen LogP contribution is 2.23. The van der Waals surface area contributed by atoms with Gasteiger partial charge in [-0.1, -0.05) is 0 Å². The van der Waals surface area contributed by atoms with Crippen molar-refractivity contribution in [3.05, 3.63) is 30.3 Å². The third-order valence-electron chi connectivity index (χ3n) is 2.87. The van der Waals surface area contributed by atoms with Crippen LogP contribution in [0.25, 0.3) is 11.3 Å². The van der Waals surface area contributed by atoms with Gasteiger partial charge in [-0.15, -0.1) is 0 Å². The van der Waals surface area contributed by atoms with Crippen molar-refractivity contribution >= 4 is 15.7 Å². The van der Waals surface area contributed by atoms with Gasteiger partial charge in [0.05, 0.1) is 25.1 Å². The molecule has 7 heteroatoms. The number of anilines is 1. The smallest absolute Gasteiger partial charge is 0.149 e. The minimum Gasteiger partial charge on any atom is -0.497 e. The van der Waals surface area contributed by atoms with Gasteiger partial charge < -0.3 is 10.5 Å². The number of aromatic nitrogens is 2. The van der Waals surface area contributed by atoms with Crippen molar-refractivity contribution in [2.45, 2.75) is 6.54 Å². The summed E-state index contributed by atoms with van der Waals surface area (Å²) in [5, 5.41) is 4.33. The molecule has 20 heavy (non-hydrogen) atoms. The summed E-state index contributed by atoms with van der Waals surface area (Å²) < 4.78 is 28.9. The second kappa shape index (κ2) is 5.54. The van der Waals surface area contributed by atoms with Crippen LogP contribution in [0.5, 0.6) is 5.75 Å². The molecule has 1 aromatic heterocycles. The molecule has 0 amide bonds. The zero-order valence-corrected chi connectivity index (χ0v) is 12.2. The Bertz CT molecular complexity index is 690. The maximum absolute atomic E-state index is 11.2. The Morgan fingerprint density at radius 1 is 1.30 bits per heavy atom. The van der Waals surface area contributed by atoms with Crippen LogP contribution in [0, 0.1) is 0 Å². The van der Waals surface area contributed by atoms with Crippen LogP contribution < -0.4 is 10.5 Å². The molecule has 1 aromatic carbocycles. The van der Waals surface area contributed by atoms with Gasteiger partial charge in [-0.25, -0.2) is 13.1 Å². The molecule has 0 atom stereocenters. The number of nitrogen functional groups attached to an aromatic ring is 1. The molecular weight excluding hydrogens is 278 g/mol. The van der Waals surface area contributed by atoms with E-state index in [0.29, 0.717) is 11.5 Å². The van der Waals surface area contributed by atoms with Crippen molar-refractivity contribution in [1.29, 1.82) is 0 Å². The number of aryl methyl sites for hydroxylation is 1. The summed E-state index contributed by atoms with van der Waals surface area (Å²) in [5.41, 5.74) is 7.45. The maximum atomic E-state index is 11.2. The van der Waals surface area contributed by atoms with E-state index >= 15 is 0 Å². The Morgan fingerprint density at radius 2 is 1.95 bits per heavy atom. The summed E-state index contributed by atoms with van der Waals surface area (Å²) in [4.78, 5) is 0. The molecule has 0 bridgehead atoms. The summed E-state index contributed by atoms with van der Waals surface area (Å²) in [7, 11) is -1.43. The quantitative estimate of drug-likeness (QED) is 0.895. The molecule has 0 aliphatic heterocycles. The lowest BCUT2D eigenvalue weighted by Gasteiger charge is -2.02. The van der Waals surface area contributed by atoms with Gasteiger partial charge in [-0.3, -0.25) is 0 Å². The monoisotopic (exact) mass is 295 g/mol. The predicted molar refractivity (Wildman–Crippen MR) is 78.3 cm³/mol. The van der Waals surface area contributed by atoms with E-state index in [1.807, 2.05) is 24.3 Å². The lowest BCUT2D eigenvalue weighted by Crippen LogP contribution is -2.13. The van der Waals surface area contributed by atoms with Crippen LogP contribution >= 0.6 is 0 Å². The summed E-state index contributed by atoms with van der Waals surface area (Å²) in [6.45, 7) is 0.251. The number of benzene rings is 1. The van der Waals surface area contributed by atoms with E-state index in [0.717, 1.165) is 11.3 Å². The van der Waals surface area contributed by atoms with Crippen LogP contribution in [-0.2, 0) is 16.4 Å². The second-order valence-corrected chi connectivity index (χ2v) is 6.80. The van der Waals surface area contributed by atoms with Crippen molar-refractivity contribution in [2.75, 3.05) is 24.9 Å². The molecule has 2 aromatic rings. The molecule has 1 heterocycles. The van der Waals surface area contributed by atoms with Gasteiger partial charge in [-0.05, 0) is 24.3 Å². The van der Waals surface area contributed by atoms with Crippen molar-refractivity contribution in [3.8, 4) is 17.0 Å². The SMILES string of the molecule is COc1ccc(-c2cc(N)n(CCS(C)(=O)=O)n2)cc1. The fourth-order valence-corrected chi connectivity index (χ4v) is 2.27. The minimum atomic E-state index is -3.04. The fraction of sp³-hybridized carbons (Fsp3) is 0.308. The van der Waals surface area contributed by atoms with Crippen LogP contribution in [0.2, 0.25) is 0 Å². The van der Waals surface area contributed by atoms with Gasteiger partial charge in [0.25, 0.3) is 0 Å². The number of sulfone groups is 1. The summed E-state index contributed by atoms with van der Waals surface area (Å²) >= 11 is 0. The standard InChI is InChI=1S/C13H17N3O3S/c1-19-11-5-3-10(4-6-11)12-9-13(14)16(15-12)7-8-20(2,17)18/h3-6,9H,7-8,14H2,1-2H3. The van der Waals surface area contributed by atoms with Gasteiger partial charge in [0, 0.05) is 17.9 Å². The first-order valence-corrected chi connectivity index (χ1v) is 8.10. The highest BCUT2D eigenvalue weighted by atomic mass is 32.2. The summed E-state index contributed by atoms with van der Waals surface area (Å²) in [5.74, 6) is 1.22. The largest absolute Gasteiger partial charge is 0.497 e. The van der Waals surface area contributed by atoms with E-state index in [2.05, 4.69) is 5.10 Å². The van der Waals surface area contributed by atoms with E-state index < -0.39 is 9.84 Å². The van der Waals surface area contributed by atoms with Crippen molar-refractivity contribution in [1.82, 2.24) is 9.78 Å². The molecule has 0 aliphatic rings. The molecule has 0 unspecified atom stereocenters. The second-order valence-electron chi connectivity index (χ2n) is 4.54. The summed E-state index contributed by atoms with van der Waals surface area (Å²) in [6.07, 6.45) is 1.19. The molecule has 0 aliphatic carbocycles. The number of methoxy groups -OCH3 is 1. The Labute approximate surface area is 118 Å². The Hall–Kier alpha value is -2.02. The minimum absolute atomic E-state index is 0.0148. The average Bonchev–Trinajstić information content (AvgIpc) is 2.77. The van der Waals surface area contributed by atoms with E-state index in [4.69, 9.17) is 10.5 Å². The van der Waals surface area contributed by atoms with Gasteiger partial charge in [-0.2, -0.15) is 5.10 Å². The fourth-order valence-electron chi connectivity index (χ4n) is 1.77. The van der Waals surface area contributed by atoms with Crippen molar-refractivity contribution in [2.24, 2.45) is 0 Å². The summed E-state index contributed by atoms with van der Waals surface area (Å²) in [6, 6.07) is 9.15. The molecule has 6 nitrogen and oxygen atoms in total. The lowest BCUT2D eigenvalue weighted by atomic mass is 10.1. The zero-order chi connectivity index (χ0) is 14.8. The molecule has 0 saturated carbocycles. The molecular formula is C13H17N3O3S. The van der Waals surface area contributed by atoms with Gasteiger partial charge in [0.2, 0.25) is 0 Å². The first-order valence-electron chi connectivity index (χ1n) is 6.04. The number of ether oxygens (including phenoxy) is 1. The topological polar surface area (TPSA) is 87.2 Å². The van der Waals surface area contributed by atoms with Crippen LogP contribution in [0.15, 0.2) is 30.3 Å². The predicted octanol–water partition coefficient (Wildman–Crippen LogP) is 1.19. The first kappa shape index (κ1) is 14.4. The number of rotatable bonds is 5. The Morgan fingerprint density at radius 3 is 2.50 bits per heavy atom. The van der Waals surface area contributed by atoms with Gasteiger partial charge in [0.15, 0.2) is 0 Å². The molecule has 108 valence electrons. The van der Waals surface area contributed by atoms with E-state index in [1.54, 1.807) is 13.2 Å². The van der Waals surface area contributed by atoms with Gasteiger partial charge in [0.1, 0.15) is 21.4 Å². The normalized spacial score (nSPS) is 11.5. The maximum Gasteiger partial charge on any atom is 0.149 e. The van der Waals surface area contributed by atoms with E-state index in [1.165, 1.54) is 10.9 Å². The highest BCUT2D eigenvalue weighted by molar-refractivity contribution is 7.90. The van der Waals surface area contributed by atoms with Crippen LogP contribution in [0.3, 0.4) is 0 Å². The van der Waals surface area contributed by atoms with Gasteiger partial charge >= 0.3 is 0 Å². The Balaban J connectivity index is 2.21. The number of nitrogens with zero attached hydrogens (tertiary/aromatic N) is 2. The average molecular weight is 295 g/mol. The number of hydrogen-bond acceptors (Lipinski definition) is 5. The van der Waals surface area contributed by atoms with E-state index in [-0.39, 0.29) is 12.3 Å². The lowest BCUT2D eigenvalue weighted by molar-refractivity contribution is 0.415. The molecule has 0 radical (unpaired) electrons. The third kappa shape index (κ3) is 3.51. The number of nitrogens with two attached hydrogens (primary N) is 1. The first-order chi connectivity index (χ1) is 9.39. The zero-order valence-electron chi connectivity index (χ0n) is 11.4. The molecule has 0 fully saturated rings. The van der Waals surface area contributed by atoms with Crippen LogP contribution in [0.4, 0.5) is 5.82 Å². The molecule has 0 saturated heterocycles. The molecule has 2 rings (SSSR count). The molecule has 0 spiro atoms. The van der Waals surface area contributed by atoms with Crippen LogP contribution in [0.1, 0.15) is 0 Å². The van der Waals surface area contributed by atoms with E-state index in [9.17, 15) is 8.42 Å². The molecule has 2 N–H and O–H groups in total. The third-order valence-corrected chi connectivity index (χ3v) is 3.79. The highest BCUT2D eigenvalue weighted by Gasteiger charge is 2.09. The van der Waals surface area contributed by atoms with Crippen molar-refractivity contribution < 1.29 is 13.2 Å². The number of hydrogen-bond donors (Lipinski definition) is 1.